The minimum atomic E-state index is -0.142. The number of fused-ring (bicyclic) bond motifs is 1. The highest BCUT2D eigenvalue weighted by Crippen LogP contribution is 2.29. The minimum absolute atomic E-state index is 0.127. The summed E-state index contributed by atoms with van der Waals surface area (Å²) in [6.07, 6.45) is 1.66. The molecule has 1 aromatic heterocycles. The van der Waals surface area contributed by atoms with Crippen molar-refractivity contribution in [1.82, 2.24) is 10.4 Å². The predicted octanol–water partition coefficient (Wildman–Crippen LogP) is 4.84. The van der Waals surface area contributed by atoms with E-state index in [1.54, 1.807) is 17.6 Å². The van der Waals surface area contributed by atoms with Gasteiger partial charge in [0.05, 0.1) is 22.2 Å². The van der Waals surface area contributed by atoms with Crippen LogP contribution < -0.4 is 5.43 Å². The smallest absolute Gasteiger partial charge is 0.250 e. The molecule has 3 aromatic rings. The molecular weight excluding hydrogens is 362 g/mol. The molecule has 6 heteroatoms. The van der Waals surface area contributed by atoms with Gasteiger partial charge in [0.15, 0.2) is 4.34 Å². The van der Waals surface area contributed by atoms with E-state index in [0.29, 0.717) is 5.75 Å². The van der Waals surface area contributed by atoms with Crippen LogP contribution >= 0.6 is 23.1 Å². The van der Waals surface area contributed by atoms with Crippen LogP contribution in [0.15, 0.2) is 58.0 Å². The molecular formula is C20H21N3OS2. The van der Waals surface area contributed by atoms with E-state index in [1.165, 1.54) is 17.3 Å². The van der Waals surface area contributed by atoms with Crippen LogP contribution in [0.3, 0.4) is 0 Å². The average Bonchev–Trinajstić information content (AvgIpc) is 3.03. The fraction of sp³-hybridized carbons (Fsp3) is 0.250. The Labute approximate surface area is 161 Å². The van der Waals surface area contributed by atoms with Gasteiger partial charge >= 0.3 is 0 Å². The first kappa shape index (κ1) is 18.6. The molecule has 0 unspecified atom stereocenters. The molecule has 1 N–H and O–H groups in total. The lowest BCUT2D eigenvalue weighted by Gasteiger charge is -2.18. The summed E-state index contributed by atoms with van der Waals surface area (Å²) in [5.41, 5.74) is 5.89. The molecule has 1 amide bonds. The maximum atomic E-state index is 11.9. The highest BCUT2D eigenvalue weighted by atomic mass is 32.2. The number of nitrogens with one attached hydrogen (secondary N) is 1. The van der Waals surface area contributed by atoms with Gasteiger partial charge in [0.25, 0.3) is 5.91 Å². The number of hydrazone groups is 1. The average molecular weight is 384 g/mol. The summed E-state index contributed by atoms with van der Waals surface area (Å²) in [6, 6.07) is 16.2. The van der Waals surface area contributed by atoms with E-state index in [9.17, 15) is 4.79 Å². The first-order valence-corrected chi connectivity index (χ1v) is 10.1. The molecule has 26 heavy (non-hydrogen) atoms. The summed E-state index contributed by atoms with van der Waals surface area (Å²) < 4.78 is 2.02. The number of carbonyl (C=O) groups is 1. The number of thioether (sulfide) groups is 1. The van der Waals surface area contributed by atoms with Gasteiger partial charge < -0.3 is 0 Å². The normalized spacial score (nSPS) is 12.0. The quantitative estimate of drug-likeness (QED) is 0.390. The molecule has 0 atom stereocenters. The Morgan fingerprint density at radius 1 is 1.19 bits per heavy atom. The van der Waals surface area contributed by atoms with Gasteiger partial charge in [-0.05, 0) is 28.7 Å². The predicted molar refractivity (Wildman–Crippen MR) is 111 cm³/mol. The van der Waals surface area contributed by atoms with Gasteiger partial charge in [-0.2, -0.15) is 5.10 Å². The molecule has 0 aliphatic carbocycles. The second kappa shape index (κ2) is 8.01. The molecule has 2 aromatic carbocycles. The van der Waals surface area contributed by atoms with Crippen LogP contribution in [0.2, 0.25) is 0 Å². The molecule has 0 spiro atoms. The van der Waals surface area contributed by atoms with Gasteiger partial charge in [-0.15, -0.1) is 11.3 Å². The molecule has 3 rings (SSSR count). The Kier molecular flexibility index (Phi) is 5.74. The van der Waals surface area contributed by atoms with Crippen molar-refractivity contribution in [3.8, 4) is 0 Å². The van der Waals surface area contributed by atoms with E-state index in [1.807, 2.05) is 36.4 Å². The van der Waals surface area contributed by atoms with E-state index < -0.39 is 0 Å². The number of aromatic nitrogens is 1. The number of benzene rings is 2. The number of hydrogen-bond acceptors (Lipinski definition) is 5. The van der Waals surface area contributed by atoms with E-state index in [0.717, 1.165) is 20.1 Å². The molecule has 4 nitrogen and oxygen atoms in total. The lowest BCUT2D eigenvalue weighted by molar-refractivity contribution is -0.118. The Morgan fingerprint density at radius 3 is 2.62 bits per heavy atom. The van der Waals surface area contributed by atoms with Crippen molar-refractivity contribution in [1.29, 1.82) is 0 Å². The lowest BCUT2D eigenvalue weighted by atomic mass is 9.87. The van der Waals surface area contributed by atoms with E-state index >= 15 is 0 Å². The van der Waals surface area contributed by atoms with Crippen LogP contribution in [0.1, 0.15) is 31.9 Å². The molecule has 1 heterocycles. The third kappa shape index (κ3) is 4.93. The Balaban J connectivity index is 1.49. The summed E-state index contributed by atoms with van der Waals surface area (Å²) >= 11 is 3.02. The fourth-order valence-corrected chi connectivity index (χ4v) is 4.18. The molecule has 0 saturated heterocycles. The van der Waals surface area contributed by atoms with Crippen molar-refractivity contribution in [2.24, 2.45) is 5.10 Å². The van der Waals surface area contributed by atoms with Crippen LogP contribution in [0, 0.1) is 0 Å². The van der Waals surface area contributed by atoms with Crippen molar-refractivity contribution >= 4 is 45.4 Å². The zero-order valence-corrected chi connectivity index (χ0v) is 16.7. The first-order valence-electron chi connectivity index (χ1n) is 8.33. The first-order chi connectivity index (χ1) is 12.4. The number of thiazole rings is 1. The van der Waals surface area contributed by atoms with E-state index in [4.69, 9.17) is 0 Å². The summed E-state index contributed by atoms with van der Waals surface area (Å²) in [4.78, 5) is 16.4. The van der Waals surface area contributed by atoms with Crippen LogP contribution in [-0.4, -0.2) is 22.9 Å². The van der Waals surface area contributed by atoms with Crippen LogP contribution in [0.4, 0.5) is 0 Å². The monoisotopic (exact) mass is 383 g/mol. The fourth-order valence-electron chi connectivity index (χ4n) is 2.32. The largest absolute Gasteiger partial charge is 0.272 e. The maximum absolute atomic E-state index is 11.9. The van der Waals surface area contributed by atoms with Gasteiger partial charge in [-0.25, -0.2) is 10.4 Å². The molecule has 0 radical (unpaired) electrons. The number of amides is 1. The SMILES string of the molecule is CC(C)(C)c1ccc(/C=N/NC(=O)CSc2nc3ccccc3s2)cc1. The number of hydrogen-bond donors (Lipinski definition) is 1. The molecule has 0 fully saturated rings. The van der Waals surface area contributed by atoms with Crippen molar-refractivity contribution in [3.05, 3.63) is 59.7 Å². The molecule has 0 aliphatic rings. The van der Waals surface area contributed by atoms with Crippen molar-refractivity contribution in [3.63, 3.8) is 0 Å². The summed E-state index contributed by atoms with van der Waals surface area (Å²) in [6.45, 7) is 6.54. The summed E-state index contributed by atoms with van der Waals surface area (Å²) in [5.74, 6) is 0.150. The van der Waals surface area contributed by atoms with Crippen LogP contribution in [0.5, 0.6) is 0 Å². The Bertz CT molecular complexity index is 891. The number of nitrogens with zero attached hydrogens (tertiary/aromatic N) is 2. The number of carbonyl (C=O) groups excluding carboxylic acids is 1. The molecule has 0 aliphatic heterocycles. The van der Waals surface area contributed by atoms with Gasteiger partial charge in [0, 0.05) is 0 Å². The number of para-hydroxylation sites is 1. The maximum Gasteiger partial charge on any atom is 0.250 e. The van der Waals surface area contributed by atoms with Gasteiger partial charge in [0.1, 0.15) is 0 Å². The second-order valence-electron chi connectivity index (χ2n) is 6.90. The van der Waals surface area contributed by atoms with Crippen LogP contribution in [0.25, 0.3) is 10.2 Å². The van der Waals surface area contributed by atoms with Crippen molar-refractivity contribution in [2.75, 3.05) is 5.75 Å². The summed E-state index contributed by atoms with van der Waals surface area (Å²) in [7, 11) is 0. The van der Waals surface area contributed by atoms with Crippen LogP contribution in [-0.2, 0) is 10.2 Å². The lowest BCUT2D eigenvalue weighted by Crippen LogP contribution is -2.19. The van der Waals surface area contributed by atoms with Crippen molar-refractivity contribution < 1.29 is 4.79 Å². The highest BCUT2D eigenvalue weighted by molar-refractivity contribution is 8.01. The standard InChI is InChI=1S/C20H21N3OS2/c1-20(2,3)15-10-8-14(9-11-15)12-21-23-18(24)13-25-19-22-16-6-4-5-7-17(16)26-19/h4-12H,13H2,1-3H3,(H,23,24)/b21-12+. The second-order valence-corrected chi connectivity index (χ2v) is 9.15. The van der Waals surface area contributed by atoms with Crippen molar-refractivity contribution in [2.45, 2.75) is 30.5 Å². The summed E-state index contributed by atoms with van der Waals surface area (Å²) in [5, 5.41) is 4.03. The van der Waals surface area contributed by atoms with Gasteiger partial charge in [-0.3, -0.25) is 4.79 Å². The molecule has 134 valence electrons. The highest BCUT2D eigenvalue weighted by Gasteiger charge is 2.12. The topological polar surface area (TPSA) is 54.4 Å². The zero-order valence-electron chi connectivity index (χ0n) is 15.0. The van der Waals surface area contributed by atoms with Gasteiger partial charge in [-0.1, -0.05) is 68.9 Å². The number of rotatable bonds is 5. The third-order valence-corrected chi connectivity index (χ3v) is 5.96. The van der Waals surface area contributed by atoms with E-state index in [-0.39, 0.29) is 11.3 Å². The molecule has 0 saturated carbocycles. The Hall–Kier alpha value is -2.18. The van der Waals surface area contributed by atoms with Gasteiger partial charge in [0.2, 0.25) is 0 Å². The zero-order chi connectivity index (χ0) is 18.6. The Morgan fingerprint density at radius 2 is 1.92 bits per heavy atom. The molecule has 0 bridgehead atoms. The third-order valence-electron chi connectivity index (χ3n) is 3.78. The minimum Gasteiger partial charge on any atom is -0.272 e. The van der Waals surface area contributed by atoms with E-state index in [2.05, 4.69) is 48.4 Å².